The van der Waals surface area contributed by atoms with Crippen LogP contribution in [-0.4, -0.2) is 46.7 Å². The fraction of sp³-hybridized carbons (Fsp3) is 0.533. The number of benzene rings is 1. The molecule has 0 radical (unpaired) electrons. The minimum Gasteiger partial charge on any atom is -0.383 e. The predicted octanol–water partition coefficient (Wildman–Crippen LogP) is 1.11. The van der Waals surface area contributed by atoms with Gasteiger partial charge in [0.05, 0.1) is 17.0 Å². The normalized spacial score (nSPS) is 20.4. The third-order valence-corrected chi connectivity index (χ3v) is 5.26. The Morgan fingerprint density at radius 3 is 2.50 bits per heavy atom. The van der Waals surface area contributed by atoms with Crippen LogP contribution < -0.4 is 15.4 Å². The summed E-state index contributed by atoms with van der Waals surface area (Å²) < 4.78 is 32.7. The molecule has 0 saturated carbocycles. The summed E-state index contributed by atoms with van der Waals surface area (Å²) in [6.45, 7) is 2.99. The first-order valence-corrected chi connectivity index (χ1v) is 8.96. The maximum atomic E-state index is 12.4. The number of anilines is 1. The van der Waals surface area contributed by atoms with Crippen LogP contribution >= 0.6 is 12.4 Å². The van der Waals surface area contributed by atoms with Crippen LogP contribution in [0.15, 0.2) is 29.2 Å². The van der Waals surface area contributed by atoms with Gasteiger partial charge in [0, 0.05) is 26.3 Å². The lowest BCUT2D eigenvalue weighted by molar-refractivity contribution is -0.114. The highest BCUT2D eigenvalue weighted by Crippen LogP contribution is 2.20. The highest BCUT2D eigenvalue weighted by molar-refractivity contribution is 7.89. The topological polar surface area (TPSA) is 96.5 Å². The van der Waals surface area contributed by atoms with E-state index in [9.17, 15) is 13.2 Å². The maximum absolute atomic E-state index is 12.4. The summed E-state index contributed by atoms with van der Waals surface area (Å²) >= 11 is 0. The van der Waals surface area contributed by atoms with Crippen molar-refractivity contribution in [1.82, 2.24) is 10.0 Å². The van der Waals surface area contributed by atoms with Crippen molar-refractivity contribution < 1.29 is 17.9 Å². The van der Waals surface area contributed by atoms with E-state index in [0.717, 1.165) is 19.4 Å². The molecule has 1 fully saturated rings. The van der Waals surface area contributed by atoms with Gasteiger partial charge in [0.25, 0.3) is 0 Å². The molecule has 3 N–H and O–H groups in total. The number of nitrogens with one attached hydrogen (secondary N) is 3. The molecule has 1 unspecified atom stereocenters. The van der Waals surface area contributed by atoms with E-state index in [1.165, 1.54) is 19.1 Å². The van der Waals surface area contributed by atoms with Crippen molar-refractivity contribution in [2.24, 2.45) is 0 Å². The molecule has 136 valence electrons. The number of sulfonamides is 1. The third-order valence-electron chi connectivity index (χ3n) is 3.84. The number of hydrogen-bond acceptors (Lipinski definition) is 5. The predicted molar refractivity (Wildman–Crippen MR) is 95.0 cm³/mol. The number of ether oxygens (including phenoxy) is 1. The van der Waals surface area contributed by atoms with Crippen LogP contribution in [0, 0.1) is 0 Å². The molecule has 1 amide bonds. The van der Waals surface area contributed by atoms with E-state index < -0.39 is 10.0 Å². The summed E-state index contributed by atoms with van der Waals surface area (Å²) in [4.78, 5) is 11.1. The van der Waals surface area contributed by atoms with E-state index in [2.05, 4.69) is 15.4 Å². The van der Waals surface area contributed by atoms with Crippen LogP contribution in [0.2, 0.25) is 0 Å². The molecule has 2 rings (SSSR count). The molecular formula is C15H24ClN3O4S. The first kappa shape index (κ1) is 20.9. The second-order valence-corrected chi connectivity index (χ2v) is 7.54. The summed E-state index contributed by atoms with van der Waals surface area (Å²) in [6, 6.07) is 6.07. The zero-order valence-corrected chi connectivity index (χ0v) is 15.4. The number of amides is 1. The molecule has 0 aromatic heterocycles. The Labute approximate surface area is 149 Å². The van der Waals surface area contributed by atoms with Crippen LogP contribution in [0.3, 0.4) is 0 Å². The second-order valence-electron chi connectivity index (χ2n) is 5.77. The summed E-state index contributed by atoms with van der Waals surface area (Å²) in [7, 11) is -2.00. The zero-order valence-electron chi connectivity index (χ0n) is 13.8. The molecule has 9 heteroatoms. The summed E-state index contributed by atoms with van der Waals surface area (Å²) in [5, 5.41) is 5.93. The Morgan fingerprint density at radius 2 is 2.00 bits per heavy atom. The first-order chi connectivity index (χ1) is 10.9. The van der Waals surface area contributed by atoms with E-state index in [1.54, 1.807) is 19.2 Å². The van der Waals surface area contributed by atoms with Crippen LogP contribution in [0.4, 0.5) is 5.69 Å². The number of methoxy groups -OCH3 is 1. The Balaban J connectivity index is 0.00000288. The summed E-state index contributed by atoms with van der Waals surface area (Å²) in [5.74, 6) is -0.201. The van der Waals surface area contributed by atoms with Crippen molar-refractivity contribution in [2.45, 2.75) is 30.2 Å². The standard InChI is InChI=1S/C15H23N3O4S.ClH/c1-12(19)18-13-4-6-14(7-5-13)23(20,21)17-10-15(11-22-2)8-3-9-16-15;/h4-7,16-17H,3,8-11H2,1-2H3,(H,18,19);1H. The molecular weight excluding hydrogens is 354 g/mol. The maximum Gasteiger partial charge on any atom is 0.240 e. The van der Waals surface area contributed by atoms with E-state index >= 15 is 0 Å². The largest absolute Gasteiger partial charge is 0.383 e. The Kier molecular flexibility index (Phi) is 7.62. The van der Waals surface area contributed by atoms with Crippen molar-refractivity contribution in [3.05, 3.63) is 24.3 Å². The van der Waals surface area contributed by atoms with Gasteiger partial charge in [0.15, 0.2) is 0 Å². The van der Waals surface area contributed by atoms with Crippen molar-refractivity contribution in [3.63, 3.8) is 0 Å². The van der Waals surface area contributed by atoms with Crippen LogP contribution in [0.1, 0.15) is 19.8 Å². The first-order valence-electron chi connectivity index (χ1n) is 7.48. The zero-order chi connectivity index (χ0) is 16.9. The van der Waals surface area contributed by atoms with Crippen LogP contribution in [0.5, 0.6) is 0 Å². The van der Waals surface area contributed by atoms with Gasteiger partial charge in [-0.25, -0.2) is 13.1 Å². The van der Waals surface area contributed by atoms with Gasteiger partial charge in [-0.1, -0.05) is 0 Å². The van der Waals surface area contributed by atoms with Gasteiger partial charge in [-0.15, -0.1) is 12.4 Å². The quantitative estimate of drug-likeness (QED) is 0.661. The molecule has 1 aromatic carbocycles. The molecule has 1 aromatic rings. The molecule has 1 aliphatic heterocycles. The van der Waals surface area contributed by atoms with Crippen LogP contribution in [0.25, 0.3) is 0 Å². The molecule has 0 bridgehead atoms. The molecule has 7 nitrogen and oxygen atoms in total. The van der Waals surface area contributed by atoms with Gasteiger partial charge >= 0.3 is 0 Å². The summed E-state index contributed by atoms with van der Waals surface area (Å²) in [5.41, 5.74) is 0.211. The Bertz CT molecular complexity index is 643. The Hall–Kier alpha value is -1.19. The van der Waals surface area contributed by atoms with Crippen molar-refractivity contribution >= 4 is 34.0 Å². The SMILES string of the molecule is COCC1(CNS(=O)(=O)c2ccc(NC(C)=O)cc2)CCCN1.Cl. The average molecular weight is 378 g/mol. The lowest BCUT2D eigenvalue weighted by atomic mass is 9.99. The minimum absolute atomic E-state index is 0. The molecule has 1 atom stereocenters. The van der Waals surface area contributed by atoms with Gasteiger partial charge in [-0.3, -0.25) is 4.79 Å². The van der Waals surface area contributed by atoms with Crippen LogP contribution in [-0.2, 0) is 19.6 Å². The fourth-order valence-corrected chi connectivity index (χ4v) is 3.83. The second kappa shape index (κ2) is 8.77. The smallest absolute Gasteiger partial charge is 0.240 e. The van der Waals surface area contributed by atoms with Gasteiger partial charge in [0.2, 0.25) is 15.9 Å². The van der Waals surface area contributed by atoms with Gasteiger partial charge in [-0.2, -0.15) is 0 Å². The van der Waals surface area contributed by atoms with E-state index in [4.69, 9.17) is 4.74 Å². The average Bonchev–Trinajstić information content (AvgIpc) is 2.95. The van der Waals surface area contributed by atoms with Crippen molar-refractivity contribution in [1.29, 1.82) is 0 Å². The van der Waals surface area contributed by atoms with E-state index in [-0.39, 0.29) is 35.3 Å². The monoisotopic (exact) mass is 377 g/mol. The Morgan fingerprint density at radius 1 is 1.33 bits per heavy atom. The molecule has 0 spiro atoms. The number of carbonyl (C=O) groups excluding carboxylic acids is 1. The van der Waals surface area contributed by atoms with Crippen molar-refractivity contribution in [3.8, 4) is 0 Å². The third kappa shape index (κ3) is 5.42. The molecule has 24 heavy (non-hydrogen) atoms. The highest BCUT2D eigenvalue weighted by atomic mass is 35.5. The molecule has 1 saturated heterocycles. The lowest BCUT2D eigenvalue weighted by Gasteiger charge is -2.28. The summed E-state index contributed by atoms with van der Waals surface area (Å²) in [6.07, 6.45) is 1.86. The van der Waals surface area contributed by atoms with Gasteiger partial charge in [-0.05, 0) is 43.7 Å². The van der Waals surface area contributed by atoms with Gasteiger partial charge in [0.1, 0.15) is 0 Å². The fourth-order valence-electron chi connectivity index (χ4n) is 2.71. The number of halogens is 1. The number of rotatable bonds is 7. The van der Waals surface area contributed by atoms with Gasteiger partial charge < -0.3 is 15.4 Å². The van der Waals surface area contributed by atoms with E-state index in [1.807, 2.05) is 0 Å². The van der Waals surface area contributed by atoms with E-state index in [0.29, 0.717) is 12.3 Å². The molecule has 1 aliphatic rings. The lowest BCUT2D eigenvalue weighted by Crippen LogP contribution is -2.52. The minimum atomic E-state index is -3.61. The number of hydrogen-bond donors (Lipinski definition) is 3. The highest BCUT2D eigenvalue weighted by Gasteiger charge is 2.34. The van der Waals surface area contributed by atoms with Crippen molar-refractivity contribution in [2.75, 3.05) is 32.1 Å². The number of carbonyl (C=O) groups is 1. The molecule has 1 heterocycles. The molecule has 0 aliphatic carbocycles.